The minimum atomic E-state index is -0.483. The SMILES string of the molecule is CCCOc1ccc(-c2ccc(C3=CCC(CCC)CC3)cc2)c(Cl)c1F. The van der Waals surface area contributed by atoms with Gasteiger partial charge in [-0.15, -0.1) is 0 Å². The average molecular weight is 387 g/mol. The Morgan fingerprint density at radius 3 is 2.41 bits per heavy atom. The van der Waals surface area contributed by atoms with Gasteiger partial charge >= 0.3 is 0 Å². The Morgan fingerprint density at radius 1 is 1.04 bits per heavy atom. The van der Waals surface area contributed by atoms with Gasteiger partial charge in [0.25, 0.3) is 0 Å². The van der Waals surface area contributed by atoms with E-state index in [0.717, 1.165) is 24.3 Å². The third-order valence-corrected chi connectivity index (χ3v) is 5.66. The van der Waals surface area contributed by atoms with Crippen LogP contribution in [-0.4, -0.2) is 6.61 Å². The lowest BCUT2D eigenvalue weighted by Crippen LogP contribution is -2.05. The molecule has 0 bridgehead atoms. The first-order valence-corrected chi connectivity index (χ1v) is 10.4. The van der Waals surface area contributed by atoms with E-state index in [2.05, 4.69) is 25.1 Å². The maximum Gasteiger partial charge on any atom is 0.184 e. The standard InChI is InChI=1S/C24H28ClFO/c1-3-5-17-6-8-18(9-7-17)19-10-12-20(13-11-19)21-14-15-22(27-16-4-2)24(26)23(21)25/h8,10-15,17H,3-7,9,16H2,1-2H3. The summed E-state index contributed by atoms with van der Waals surface area (Å²) in [7, 11) is 0. The van der Waals surface area contributed by atoms with Crippen molar-refractivity contribution in [2.45, 2.75) is 52.4 Å². The topological polar surface area (TPSA) is 9.23 Å². The molecule has 1 aliphatic carbocycles. The first-order chi connectivity index (χ1) is 13.1. The summed E-state index contributed by atoms with van der Waals surface area (Å²) in [5, 5.41) is 0.121. The van der Waals surface area contributed by atoms with Crippen LogP contribution in [0.4, 0.5) is 4.39 Å². The summed E-state index contributed by atoms with van der Waals surface area (Å²) in [5.74, 6) is 0.577. The van der Waals surface area contributed by atoms with E-state index in [1.54, 1.807) is 6.07 Å². The van der Waals surface area contributed by atoms with Crippen LogP contribution in [-0.2, 0) is 0 Å². The second-order valence-corrected chi connectivity index (χ2v) is 7.70. The van der Waals surface area contributed by atoms with E-state index in [1.165, 1.54) is 36.8 Å². The first kappa shape index (κ1) is 19.9. The third kappa shape index (κ3) is 4.73. The molecule has 0 amide bonds. The fourth-order valence-electron chi connectivity index (χ4n) is 3.76. The zero-order chi connectivity index (χ0) is 19.2. The summed E-state index contributed by atoms with van der Waals surface area (Å²) in [5.41, 5.74) is 4.30. The van der Waals surface area contributed by atoms with Gasteiger partial charge in [-0.1, -0.05) is 68.6 Å². The van der Waals surface area contributed by atoms with E-state index >= 15 is 0 Å². The van der Waals surface area contributed by atoms with Crippen LogP contribution in [0, 0.1) is 11.7 Å². The summed E-state index contributed by atoms with van der Waals surface area (Å²) in [4.78, 5) is 0. The fraction of sp³-hybridized carbons (Fsp3) is 0.417. The highest BCUT2D eigenvalue weighted by Crippen LogP contribution is 2.37. The van der Waals surface area contributed by atoms with Crippen molar-refractivity contribution in [3.05, 3.63) is 58.9 Å². The molecule has 3 rings (SSSR count). The van der Waals surface area contributed by atoms with Gasteiger partial charge in [0, 0.05) is 5.56 Å². The maximum absolute atomic E-state index is 14.5. The van der Waals surface area contributed by atoms with Gasteiger partial charge in [0.05, 0.1) is 11.6 Å². The lowest BCUT2D eigenvalue weighted by Gasteiger charge is -2.21. The molecule has 0 fully saturated rings. The largest absolute Gasteiger partial charge is 0.490 e. The molecule has 27 heavy (non-hydrogen) atoms. The molecule has 1 aliphatic rings. The second-order valence-electron chi connectivity index (χ2n) is 7.32. The second kappa shape index (κ2) is 9.41. The molecule has 0 heterocycles. The van der Waals surface area contributed by atoms with Gasteiger partial charge in [-0.25, -0.2) is 4.39 Å². The van der Waals surface area contributed by atoms with Crippen LogP contribution in [0.2, 0.25) is 5.02 Å². The Bertz CT molecular complexity index is 795. The predicted octanol–water partition coefficient (Wildman–Crippen LogP) is 7.92. The van der Waals surface area contributed by atoms with E-state index in [-0.39, 0.29) is 10.8 Å². The van der Waals surface area contributed by atoms with Crippen LogP contribution in [0.1, 0.15) is 57.9 Å². The molecule has 2 aromatic rings. The van der Waals surface area contributed by atoms with Gasteiger partial charge in [0.2, 0.25) is 0 Å². The summed E-state index contributed by atoms with van der Waals surface area (Å²) < 4.78 is 19.9. The van der Waals surface area contributed by atoms with E-state index in [4.69, 9.17) is 16.3 Å². The molecule has 0 aromatic heterocycles. The molecular weight excluding hydrogens is 359 g/mol. The molecule has 0 aliphatic heterocycles. The highest BCUT2D eigenvalue weighted by Gasteiger charge is 2.16. The first-order valence-electron chi connectivity index (χ1n) is 10.0. The third-order valence-electron chi connectivity index (χ3n) is 5.29. The molecule has 0 saturated heterocycles. The lowest BCUT2D eigenvalue weighted by molar-refractivity contribution is 0.301. The molecule has 2 aromatic carbocycles. The molecule has 144 valence electrons. The lowest BCUT2D eigenvalue weighted by atomic mass is 9.84. The number of hydrogen-bond donors (Lipinski definition) is 0. The van der Waals surface area contributed by atoms with Crippen LogP contribution >= 0.6 is 11.6 Å². The smallest absolute Gasteiger partial charge is 0.184 e. The van der Waals surface area contributed by atoms with Crippen LogP contribution in [0.3, 0.4) is 0 Å². The maximum atomic E-state index is 14.5. The molecular formula is C24H28ClFO. The van der Waals surface area contributed by atoms with Gasteiger partial charge in [0.1, 0.15) is 0 Å². The number of ether oxygens (including phenoxy) is 1. The van der Waals surface area contributed by atoms with E-state index in [9.17, 15) is 4.39 Å². The molecule has 1 nitrogen and oxygen atoms in total. The van der Waals surface area contributed by atoms with Crippen LogP contribution in [0.5, 0.6) is 5.75 Å². The minimum Gasteiger partial charge on any atom is -0.490 e. The van der Waals surface area contributed by atoms with Crippen molar-refractivity contribution in [1.82, 2.24) is 0 Å². The Labute approximate surface area is 167 Å². The normalized spacial score (nSPS) is 16.9. The van der Waals surface area contributed by atoms with Gasteiger partial charge in [-0.3, -0.25) is 0 Å². The van der Waals surface area contributed by atoms with Crippen LogP contribution in [0.15, 0.2) is 42.5 Å². The van der Waals surface area contributed by atoms with Crippen molar-refractivity contribution in [2.24, 2.45) is 5.92 Å². The summed E-state index contributed by atoms with van der Waals surface area (Å²) in [6, 6.07) is 11.8. The summed E-state index contributed by atoms with van der Waals surface area (Å²) in [6.07, 6.45) is 9.41. The van der Waals surface area contributed by atoms with E-state index in [1.807, 2.05) is 25.1 Å². The van der Waals surface area contributed by atoms with Gasteiger partial charge in [0.15, 0.2) is 11.6 Å². The molecule has 1 unspecified atom stereocenters. The van der Waals surface area contributed by atoms with Gasteiger partial charge < -0.3 is 4.74 Å². The van der Waals surface area contributed by atoms with Crippen molar-refractivity contribution in [2.75, 3.05) is 6.61 Å². The monoisotopic (exact) mass is 386 g/mol. The van der Waals surface area contributed by atoms with E-state index in [0.29, 0.717) is 12.2 Å². The van der Waals surface area contributed by atoms with Crippen molar-refractivity contribution in [3.8, 4) is 16.9 Å². The van der Waals surface area contributed by atoms with Crippen molar-refractivity contribution in [1.29, 1.82) is 0 Å². The average Bonchev–Trinajstić information content (AvgIpc) is 2.70. The zero-order valence-electron chi connectivity index (χ0n) is 16.2. The molecule has 0 radical (unpaired) electrons. The highest BCUT2D eigenvalue weighted by molar-refractivity contribution is 6.33. The predicted molar refractivity (Wildman–Crippen MR) is 113 cm³/mol. The highest BCUT2D eigenvalue weighted by atomic mass is 35.5. The summed E-state index contributed by atoms with van der Waals surface area (Å²) >= 11 is 6.28. The number of halogens is 2. The number of hydrogen-bond acceptors (Lipinski definition) is 1. The van der Waals surface area contributed by atoms with Crippen molar-refractivity contribution >= 4 is 17.2 Å². The molecule has 0 saturated carbocycles. The van der Waals surface area contributed by atoms with Crippen LogP contribution < -0.4 is 4.74 Å². The molecule has 1 atom stereocenters. The fourth-order valence-corrected chi connectivity index (χ4v) is 4.03. The number of allylic oxidation sites excluding steroid dienone is 2. The number of rotatable bonds is 7. The van der Waals surface area contributed by atoms with Crippen LogP contribution in [0.25, 0.3) is 16.7 Å². The Kier molecular flexibility index (Phi) is 6.95. The summed E-state index contributed by atoms with van der Waals surface area (Å²) in [6.45, 7) is 4.73. The van der Waals surface area contributed by atoms with Gasteiger partial charge in [-0.2, -0.15) is 0 Å². The number of benzene rings is 2. The Morgan fingerprint density at radius 2 is 1.78 bits per heavy atom. The van der Waals surface area contributed by atoms with Crippen molar-refractivity contribution in [3.63, 3.8) is 0 Å². The van der Waals surface area contributed by atoms with Gasteiger partial charge in [-0.05, 0) is 60.4 Å². The minimum absolute atomic E-state index is 0.121. The zero-order valence-corrected chi connectivity index (χ0v) is 17.0. The van der Waals surface area contributed by atoms with E-state index < -0.39 is 5.82 Å². The molecule has 0 N–H and O–H groups in total. The Balaban J connectivity index is 1.77. The molecule has 3 heteroatoms. The quantitative estimate of drug-likeness (QED) is 0.469. The van der Waals surface area contributed by atoms with Crippen molar-refractivity contribution < 1.29 is 9.13 Å². The molecule has 0 spiro atoms. The Hall–Kier alpha value is -1.80.